The Balaban J connectivity index is 2.21. The Morgan fingerprint density at radius 1 is 1.08 bits per heavy atom. The number of sulfonamides is 1. The molecule has 7 heteroatoms. The van der Waals surface area contributed by atoms with Crippen LogP contribution in [0.3, 0.4) is 0 Å². The second-order valence-corrected chi connectivity index (χ2v) is 7.61. The molecule has 1 atom stereocenters. The summed E-state index contributed by atoms with van der Waals surface area (Å²) in [6.07, 6.45) is 1.35. The number of nitrogens with zero attached hydrogens (tertiary/aromatic N) is 1. The van der Waals surface area contributed by atoms with E-state index in [1.807, 2.05) is 24.3 Å². The number of rotatable bonds is 7. The summed E-state index contributed by atoms with van der Waals surface area (Å²) in [5.74, 6) is 1.75. The van der Waals surface area contributed by atoms with E-state index in [1.54, 1.807) is 13.2 Å². The second-order valence-electron chi connectivity index (χ2n) is 5.73. The van der Waals surface area contributed by atoms with E-state index in [1.165, 1.54) is 19.3 Å². The third-order valence-corrected chi connectivity index (χ3v) is 5.16. The fourth-order valence-corrected chi connectivity index (χ4v) is 3.02. The van der Waals surface area contributed by atoms with Gasteiger partial charge in [-0.15, -0.1) is 0 Å². The fourth-order valence-electron chi connectivity index (χ4n) is 2.35. The van der Waals surface area contributed by atoms with Crippen molar-refractivity contribution in [3.05, 3.63) is 48.2 Å². The Labute approximate surface area is 143 Å². The molecule has 0 radical (unpaired) electrons. The average molecular weight is 349 g/mol. The summed E-state index contributed by atoms with van der Waals surface area (Å²) in [5.41, 5.74) is 1.11. The lowest BCUT2D eigenvalue weighted by Gasteiger charge is -2.23. The zero-order valence-electron chi connectivity index (χ0n) is 14.3. The molecule has 0 bridgehead atoms. The zero-order valence-corrected chi connectivity index (χ0v) is 15.1. The van der Waals surface area contributed by atoms with E-state index in [2.05, 4.69) is 28.9 Å². The van der Waals surface area contributed by atoms with Crippen molar-refractivity contribution in [1.29, 1.82) is 0 Å². The van der Waals surface area contributed by atoms with Crippen LogP contribution in [0.25, 0.3) is 0 Å². The van der Waals surface area contributed by atoms with Crippen LogP contribution in [0.15, 0.2) is 47.5 Å². The van der Waals surface area contributed by atoms with Crippen LogP contribution in [0.4, 0.5) is 5.82 Å². The highest BCUT2D eigenvalue weighted by Gasteiger charge is 2.17. The van der Waals surface area contributed by atoms with E-state index < -0.39 is 10.0 Å². The molecule has 0 aliphatic carbocycles. The number of hydrogen-bond donors (Lipinski definition) is 2. The van der Waals surface area contributed by atoms with E-state index in [9.17, 15) is 8.42 Å². The van der Waals surface area contributed by atoms with Crippen LogP contribution in [0, 0.1) is 5.92 Å². The monoisotopic (exact) mass is 349 g/mol. The van der Waals surface area contributed by atoms with Gasteiger partial charge in [-0.05, 0) is 42.8 Å². The summed E-state index contributed by atoms with van der Waals surface area (Å²) in [6.45, 7) is 4.23. The van der Waals surface area contributed by atoms with Crippen molar-refractivity contribution in [3.8, 4) is 5.75 Å². The molecule has 1 unspecified atom stereocenters. The maximum atomic E-state index is 11.7. The van der Waals surface area contributed by atoms with Gasteiger partial charge in [0.25, 0.3) is 0 Å². The Bertz CT molecular complexity index is 757. The number of anilines is 1. The highest BCUT2D eigenvalue weighted by Crippen LogP contribution is 2.27. The number of aromatic nitrogens is 1. The van der Waals surface area contributed by atoms with Crippen molar-refractivity contribution in [3.63, 3.8) is 0 Å². The molecule has 0 aliphatic heterocycles. The van der Waals surface area contributed by atoms with Gasteiger partial charge in [0.05, 0.1) is 13.2 Å². The first-order chi connectivity index (χ1) is 11.4. The Morgan fingerprint density at radius 3 is 2.21 bits per heavy atom. The summed E-state index contributed by atoms with van der Waals surface area (Å²) in [4.78, 5) is 4.36. The van der Waals surface area contributed by atoms with E-state index >= 15 is 0 Å². The quantitative estimate of drug-likeness (QED) is 0.803. The van der Waals surface area contributed by atoms with Crippen LogP contribution in [0.5, 0.6) is 5.75 Å². The minimum atomic E-state index is -3.47. The van der Waals surface area contributed by atoms with Gasteiger partial charge in [0.1, 0.15) is 16.5 Å². The van der Waals surface area contributed by atoms with Gasteiger partial charge in [0, 0.05) is 6.20 Å². The lowest BCUT2D eigenvalue weighted by atomic mass is 9.96. The van der Waals surface area contributed by atoms with Gasteiger partial charge in [-0.1, -0.05) is 26.0 Å². The first kappa shape index (κ1) is 18.2. The molecular formula is C17H23N3O3S. The van der Waals surface area contributed by atoms with Gasteiger partial charge in [0.2, 0.25) is 10.0 Å². The van der Waals surface area contributed by atoms with Gasteiger partial charge < -0.3 is 10.1 Å². The van der Waals surface area contributed by atoms with Gasteiger partial charge in [-0.3, -0.25) is 0 Å². The number of nitrogens with one attached hydrogen (secondary N) is 2. The maximum absolute atomic E-state index is 11.7. The fraction of sp³-hybridized carbons (Fsp3) is 0.353. The SMILES string of the molecule is CNS(=O)(=O)c1ccc(NC(c2ccc(OC)cc2)C(C)C)nc1. The molecule has 1 heterocycles. The summed E-state index contributed by atoms with van der Waals surface area (Å²) >= 11 is 0. The van der Waals surface area contributed by atoms with Gasteiger partial charge in [-0.2, -0.15) is 0 Å². The molecule has 0 spiro atoms. The predicted octanol–water partition coefficient (Wildman–Crippen LogP) is 2.81. The molecule has 1 aromatic carbocycles. The van der Waals surface area contributed by atoms with Crippen LogP contribution in [-0.2, 0) is 10.0 Å². The van der Waals surface area contributed by atoms with Crippen molar-refractivity contribution in [2.75, 3.05) is 19.5 Å². The first-order valence-corrected chi connectivity index (χ1v) is 9.16. The predicted molar refractivity (Wildman–Crippen MR) is 94.7 cm³/mol. The summed E-state index contributed by atoms with van der Waals surface area (Å²) in [5, 5.41) is 3.36. The summed E-state index contributed by atoms with van der Waals surface area (Å²) in [7, 11) is -0.462. The molecule has 0 aliphatic rings. The number of benzene rings is 1. The molecule has 0 amide bonds. The summed E-state index contributed by atoms with van der Waals surface area (Å²) in [6, 6.07) is 11.1. The maximum Gasteiger partial charge on any atom is 0.241 e. The third-order valence-electron chi connectivity index (χ3n) is 3.76. The van der Waals surface area contributed by atoms with Crippen LogP contribution in [0.1, 0.15) is 25.5 Å². The highest BCUT2D eigenvalue weighted by molar-refractivity contribution is 7.89. The number of ether oxygens (including phenoxy) is 1. The minimum Gasteiger partial charge on any atom is -0.497 e. The Kier molecular flexibility index (Phi) is 5.80. The highest BCUT2D eigenvalue weighted by atomic mass is 32.2. The van der Waals surface area contributed by atoms with E-state index in [4.69, 9.17) is 4.74 Å². The van der Waals surface area contributed by atoms with Crippen molar-refractivity contribution in [2.45, 2.75) is 24.8 Å². The molecule has 2 aromatic rings. The molecule has 1 aromatic heterocycles. The van der Waals surface area contributed by atoms with Crippen LogP contribution in [-0.4, -0.2) is 27.6 Å². The van der Waals surface area contributed by atoms with E-state index in [0.29, 0.717) is 11.7 Å². The van der Waals surface area contributed by atoms with E-state index in [-0.39, 0.29) is 10.9 Å². The van der Waals surface area contributed by atoms with Crippen molar-refractivity contribution in [2.24, 2.45) is 5.92 Å². The molecule has 0 fully saturated rings. The summed E-state index contributed by atoms with van der Waals surface area (Å²) < 4.78 is 30.9. The van der Waals surface area contributed by atoms with Crippen molar-refractivity contribution < 1.29 is 13.2 Å². The van der Waals surface area contributed by atoms with E-state index in [0.717, 1.165) is 11.3 Å². The van der Waals surface area contributed by atoms with Crippen LogP contribution < -0.4 is 14.8 Å². The molecule has 2 rings (SSSR count). The zero-order chi connectivity index (χ0) is 17.7. The molecular weight excluding hydrogens is 326 g/mol. The molecule has 24 heavy (non-hydrogen) atoms. The van der Waals surface area contributed by atoms with Gasteiger partial charge in [0.15, 0.2) is 0 Å². The minimum absolute atomic E-state index is 0.0511. The molecule has 0 saturated heterocycles. The Hall–Kier alpha value is -2.12. The van der Waals surface area contributed by atoms with Crippen LogP contribution >= 0.6 is 0 Å². The molecule has 6 nitrogen and oxygen atoms in total. The number of methoxy groups -OCH3 is 1. The lowest BCUT2D eigenvalue weighted by Crippen LogP contribution is -2.20. The van der Waals surface area contributed by atoms with Crippen molar-refractivity contribution in [1.82, 2.24) is 9.71 Å². The number of pyridine rings is 1. The van der Waals surface area contributed by atoms with Crippen molar-refractivity contribution >= 4 is 15.8 Å². The standard InChI is InChI=1S/C17H23N3O3S/c1-12(2)17(13-5-7-14(23-4)8-6-13)20-16-10-9-15(11-19-16)24(21,22)18-3/h5-12,17-18H,1-4H3,(H,19,20). The third kappa shape index (κ3) is 4.24. The topological polar surface area (TPSA) is 80.3 Å². The lowest BCUT2D eigenvalue weighted by molar-refractivity contribution is 0.414. The van der Waals surface area contributed by atoms with Gasteiger partial charge in [-0.25, -0.2) is 18.1 Å². The second kappa shape index (κ2) is 7.63. The number of hydrogen-bond acceptors (Lipinski definition) is 5. The Morgan fingerprint density at radius 2 is 1.75 bits per heavy atom. The first-order valence-electron chi connectivity index (χ1n) is 7.67. The molecule has 0 saturated carbocycles. The largest absolute Gasteiger partial charge is 0.497 e. The molecule has 130 valence electrons. The molecule has 2 N–H and O–H groups in total. The smallest absolute Gasteiger partial charge is 0.241 e. The average Bonchev–Trinajstić information content (AvgIpc) is 2.60. The normalized spacial score (nSPS) is 12.9. The van der Waals surface area contributed by atoms with Crippen LogP contribution in [0.2, 0.25) is 0 Å². The van der Waals surface area contributed by atoms with Gasteiger partial charge >= 0.3 is 0 Å².